The predicted molar refractivity (Wildman–Crippen MR) is 77.6 cm³/mol. The lowest BCUT2D eigenvalue weighted by atomic mass is 9.98. The van der Waals surface area contributed by atoms with E-state index in [1.807, 2.05) is 0 Å². The number of amides is 1. The third-order valence-electron chi connectivity index (χ3n) is 4.12. The lowest BCUT2D eigenvalue weighted by Crippen LogP contribution is -2.49. The minimum atomic E-state index is -0.575. The van der Waals surface area contributed by atoms with Crippen LogP contribution in [0.5, 0.6) is 0 Å². The number of nitrogens with one attached hydrogen (secondary N) is 1. The molecule has 0 atom stereocenters. The molecule has 3 rings (SSSR count). The molecule has 1 heterocycles. The molecule has 0 bridgehead atoms. The van der Waals surface area contributed by atoms with Gasteiger partial charge in [0.05, 0.1) is 17.7 Å². The Kier molecular flexibility index (Phi) is 3.94. The summed E-state index contributed by atoms with van der Waals surface area (Å²) in [6.45, 7) is -0.100. The fourth-order valence-electron chi connectivity index (χ4n) is 2.85. The number of carbonyl (C=O) groups is 1. The van der Waals surface area contributed by atoms with E-state index in [2.05, 4.69) is 10.5 Å². The lowest BCUT2D eigenvalue weighted by Gasteiger charge is -2.27. The minimum Gasteiger partial charge on any atom is -0.394 e. The molecule has 1 aliphatic carbocycles. The van der Waals surface area contributed by atoms with Crippen molar-refractivity contribution in [3.63, 3.8) is 0 Å². The lowest BCUT2D eigenvalue weighted by molar-refractivity contribution is 0.0829. The summed E-state index contributed by atoms with van der Waals surface area (Å²) in [6.07, 6.45) is 3.43. The third kappa shape index (κ3) is 2.74. The maximum absolute atomic E-state index is 13.7. The molecule has 1 aromatic heterocycles. The molecule has 0 radical (unpaired) electrons. The summed E-state index contributed by atoms with van der Waals surface area (Å²) in [4.78, 5) is 12.3. The van der Waals surface area contributed by atoms with E-state index >= 15 is 0 Å². The number of aromatic nitrogens is 1. The van der Waals surface area contributed by atoms with Crippen molar-refractivity contribution in [1.29, 1.82) is 0 Å². The molecule has 6 heteroatoms. The van der Waals surface area contributed by atoms with Crippen LogP contribution in [0, 0.1) is 5.82 Å². The van der Waals surface area contributed by atoms with Gasteiger partial charge < -0.3 is 14.9 Å². The predicted octanol–water partition coefficient (Wildman–Crippen LogP) is 2.52. The maximum Gasteiger partial charge on any atom is 0.273 e. The number of rotatable bonds is 4. The molecule has 116 valence electrons. The number of hydrogen-bond acceptors (Lipinski definition) is 4. The van der Waals surface area contributed by atoms with E-state index in [4.69, 9.17) is 4.52 Å². The molecule has 1 fully saturated rings. The van der Waals surface area contributed by atoms with Crippen molar-refractivity contribution < 1.29 is 18.8 Å². The molecule has 2 N–H and O–H groups in total. The number of aliphatic hydroxyl groups is 1. The average molecular weight is 304 g/mol. The van der Waals surface area contributed by atoms with Gasteiger partial charge in [0.15, 0.2) is 11.5 Å². The van der Waals surface area contributed by atoms with Crippen LogP contribution in [0.15, 0.2) is 34.9 Å². The van der Waals surface area contributed by atoms with Crippen LogP contribution in [-0.2, 0) is 0 Å². The molecular formula is C16H17FN2O3. The highest BCUT2D eigenvalue weighted by Crippen LogP contribution is 2.30. The van der Waals surface area contributed by atoms with Gasteiger partial charge in [0.1, 0.15) is 5.82 Å². The molecule has 1 amide bonds. The van der Waals surface area contributed by atoms with Crippen molar-refractivity contribution in [2.24, 2.45) is 0 Å². The Bertz CT molecular complexity index is 678. The third-order valence-corrected chi connectivity index (χ3v) is 4.12. The van der Waals surface area contributed by atoms with Gasteiger partial charge in [-0.1, -0.05) is 30.1 Å². The Morgan fingerprint density at radius 3 is 2.77 bits per heavy atom. The van der Waals surface area contributed by atoms with E-state index in [9.17, 15) is 14.3 Å². The van der Waals surface area contributed by atoms with Crippen molar-refractivity contribution in [1.82, 2.24) is 10.5 Å². The highest BCUT2D eigenvalue weighted by atomic mass is 19.1. The summed E-state index contributed by atoms with van der Waals surface area (Å²) in [5.74, 6) is -0.650. The van der Waals surface area contributed by atoms with Crippen LogP contribution in [0.25, 0.3) is 11.3 Å². The molecule has 0 aliphatic heterocycles. The molecule has 0 saturated heterocycles. The van der Waals surface area contributed by atoms with Crippen LogP contribution in [0.3, 0.4) is 0 Å². The molecule has 1 saturated carbocycles. The zero-order valence-electron chi connectivity index (χ0n) is 12.0. The molecular weight excluding hydrogens is 287 g/mol. The first-order valence-electron chi connectivity index (χ1n) is 7.28. The molecule has 22 heavy (non-hydrogen) atoms. The first-order chi connectivity index (χ1) is 10.6. The van der Waals surface area contributed by atoms with Gasteiger partial charge in [-0.15, -0.1) is 0 Å². The monoisotopic (exact) mass is 304 g/mol. The van der Waals surface area contributed by atoms with Gasteiger partial charge in [0.25, 0.3) is 5.91 Å². The van der Waals surface area contributed by atoms with Gasteiger partial charge in [0.2, 0.25) is 0 Å². The summed E-state index contributed by atoms with van der Waals surface area (Å²) < 4.78 is 18.8. The van der Waals surface area contributed by atoms with Gasteiger partial charge in [-0.2, -0.15) is 0 Å². The standard InChI is InChI=1S/C16H17FN2O3/c17-12-6-2-1-5-11(12)14-9-13(19-22-14)15(21)18-16(10-20)7-3-4-8-16/h1-2,5-6,9,20H,3-4,7-8,10H2,(H,18,21). The second kappa shape index (κ2) is 5.88. The van der Waals surface area contributed by atoms with Crippen molar-refractivity contribution in [3.8, 4) is 11.3 Å². The fraction of sp³-hybridized carbons (Fsp3) is 0.375. The van der Waals surface area contributed by atoms with Gasteiger partial charge >= 0.3 is 0 Å². The zero-order valence-corrected chi connectivity index (χ0v) is 12.0. The van der Waals surface area contributed by atoms with Gasteiger partial charge in [-0.3, -0.25) is 4.79 Å². The Labute approximate surface area is 127 Å². The van der Waals surface area contributed by atoms with E-state index in [1.54, 1.807) is 18.2 Å². The second-order valence-corrected chi connectivity index (χ2v) is 5.66. The number of hydrogen-bond donors (Lipinski definition) is 2. The van der Waals surface area contributed by atoms with E-state index < -0.39 is 17.3 Å². The number of aliphatic hydroxyl groups excluding tert-OH is 1. The van der Waals surface area contributed by atoms with Crippen molar-refractivity contribution in [2.45, 2.75) is 31.2 Å². The van der Waals surface area contributed by atoms with Crippen molar-refractivity contribution >= 4 is 5.91 Å². The Morgan fingerprint density at radius 1 is 1.36 bits per heavy atom. The summed E-state index contributed by atoms with van der Waals surface area (Å²) in [5.41, 5.74) is -0.237. The number of nitrogens with zero attached hydrogens (tertiary/aromatic N) is 1. The van der Waals surface area contributed by atoms with E-state index in [1.165, 1.54) is 12.1 Å². The Balaban J connectivity index is 1.79. The first kappa shape index (κ1) is 14.7. The summed E-state index contributed by atoms with van der Waals surface area (Å²) in [6, 6.07) is 7.54. The van der Waals surface area contributed by atoms with Crippen LogP contribution >= 0.6 is 0 Å². The smallest absolute Gasteiger partial charge is 0.273 e. The molecule has 1 aromatic carbocycles. The summed E-state index contributed by atoms with van der Waals surface area (Å²) in [7, 11) is 0. The van der Waals surface area contributed by atoms with Crippen molar-refractivity contribution in [3.05, 3.63) is 41.8 Å². The first-order valence-corrected chi connectivity index (χ1v) is 7.28. The second-order valence-electron chi connectivity index (χ2n) is 5.66. The Hall–Kier alpha value is -2.21. The van der Waals surface area contributed by atoms with E-state index in [-0.39, 0.29) is 23.6 Å². The van der Waals surface area contributed by atoms with Crippen LogP contribution in [0.4, 0.5) is 4.39 Å². The normalized spacial score (nSPS) is 16.6. The SMILES string of the molecule is O=C(NC1(CO)CCCC1)c1cc(-c2ccccc2F)on1. The van der Waals surface area contributed by atoms with Crippen molar-refractivity contribution in [2.75, 3.05) is 6.61 Å². The zero-order chi connectivity index (χ0) is 15.6. The molecule has 1 aliphatic rings. The van der Waals surface area contributed by atoms with Crippen LogP contribution in [0.2, 0.25) is 0 Å². The van der Waals surface area contributed by atoms with Crippen LogP contribution in [0.1, 0.15) is 36.2 Å². The van der Waals surface area contributed by atoms with E-state index in [0.717, 1.165) is 25.7 Å². The van der Waals surface area contributed by atoms with E-state index in [0.29, 0.717) is 0 Å². The molecule has 2 aromatic rings. The summed E-state index contributed by atoms with van der Waals surface area (Å²) in [5, 5.41) is 16.1. The molecule has 5 nitrogen and oxygen atoms in total. The fourth-order valence-corrected chi connectivity index (χ4v) is 2.85. The van der Waals surface area contributed by atoms with Gasteiger partial charge in [-0.25, -0.2) is 4.39 Å². The maximum atomic E-state index is 13.7. The largest absolute Gasteiger partial charge is 0.394 e. The molecule has 0 unspecified atom stereocenters. The number of halogens is 1. The van der Waals surface area contributed by atoms with Gasteiger partial charge in [0, 0.05) is 6.07 Å². The van der Waals surface area contributed by atoms with Crippen LogP contribution in [-0.4, -0.2) is 28.3 Å². The quantitative estimate of drug-likeness (QED) is 0.910. The summed E-state index contributed by atoms with van der Waals surface area (Å²) >= 11 is 0. The molecule has 0 spiro atoms. The number of benzene rings is 1. The highest BCUT2D eigenvalue weighted by molar-refractivity contribution is 5.93. The minimum absolute atomic E-state index is 0.0815. The topological polar surface area (TPSA) is 75.4 Å². The Morgan fingerprint density at radius 2 is 2.09 bits per heavy atom. The highest BCUT2D eigenvalue weighted by Gasteiger charge is 2.35. The number of carbonyl (C=O) groups excluding carboxylic acids is 1. The van der Waals surface area contributed by atoms with Gasteiger partial charge in [-0.05, 0) is 25.0 Å². The average Bonchev–Trinajstić information content (AvgIpc) is 3.17. The van der Waals surface area contributed by atoms with Crippen LogP contribution < -0.4 is 5.32 Å².